The van der Waals surface area contributed by atoms with Gasteiger partial charge in [0.05, 0.1) is 17.2 Å². The highest BCUT2D eigenvalue weighted by atomic mass is 35.5. The lowest BCUT2D eigenvalue weighted by Gasteiger charge is -2.24. The van der Waals surface area contributed by atoms with Crippen molar-refractivity contribution >= 4 is 33.2 Å². The van der Waals surface area contributed by atoms with Gasteiger partial charge in [0.25, 0.3) is 10.0 Å². The number of aryl methyl sites for hydroxylation is 1. The minimum atomic E-state index is -3.95. The number of hydrogen-bond acceptors (Lipinski definition) is 4. The molecule has 0 fully saturated rings. The van der Waals surface area contributed by atoms with Crippen molar-refractivity contribution in [1.29, 1.82) is 0 Å². The van der Waals surface area contributed by atoms with Crippen LogP contribution in [0.5, 0.6) is 5.75 Å². The Labute approximate surface area is 200 Å². The summed E-state index contributed by atoms with van der Waals surface area (Å²) in [6, 6.07) is 22.3. The molecule has 3 rings (SSSR count). The zero-order valence-electron chi connectivity index (χ0n) is 18.4. The van der Waals surface area contributed by atoms with Crippen LogP contribution in [0.25, 0.3) is 0 Å². The molecule has 0 aliphatic carbocycles. The normalized spacial score (nSPS) is 11.1. The van der Waals surface area contributed by atoms with Gasteiger partial charge < -0.3 is 10.1 Å². The maximum absolute atomic E-state index is 13.3. The predicted octanol–water partition coefficient (Wildman–Crippen LogP) is 4.68. The lowest BCUT2D eigenvalue weighted by atomic mass is 10.1. The largest absolute Gasteiger partial charge is 0.494 e. The van der Waals surface area contributed by atoms with Crippen LogP contribution in [0, 0.1) is 0 Å². The third-order valence-corrected chi connectivity index (χ3v) is 6.94. The van der Waals surface area contributed by atoms with Gasteiger partial charge in [0.2, 0.25) is 5.91 Å². The molecule has 0 unspecified atom stereocenters. The lowest BCUT2D eigenvalue weighted by Crippen LogP contribution is -2.41. The van der Waals surface area contributed by atoms with Crippen LogP contribution in [0.3, 0.4) is 0 Å². The van der Waals surface area contributed by atoms with E-state index in [4.69, 9.17) is 16.3 Å². The fourth-order valence-electron chi connectivity index (χ4n) is 3.29. The van der Waals surface area contributed by atoms with E-state index in [-0.39, 0.29) is 17.3 Å². The number of carbonyl (C=O) groups is 1. The van der Waals surface area contributed by atoms with Crippen molar-refractivity contribution < 1.29 is 17.9 Å². The third-order valence-electron chi connectivity index (χ3n) is 4.91. The summed E-state index contributed by atoms with van der Waals surface area (Å²) in [5.74, 6) is 0.441. The average Bonchev–Trinajstić information content (AvgIpc) is 2.82. The number of carbonyl (C=O) groups excluding carboxylic acids is 1. The number of amides is 1. The van der Waals surface area contributed by atoms with E-state index in [0.717, 1.165) is 28.5 Å². The van der Waals surface area contributed by atoms with Crippen molar-refractivity contribution in [2.24, 2.45) is 0 Å². The smallest absolute Gasteiger partial charge is 0.264 e. The molecule has 3 aromatic rings. The van der Waals surface area contributed by atoms with Gasteiger partial charge in [-0.3, -0.25) is 9.10 Å². The fourth-order valence-corrected chi connectivity index (χ4v) is 4.91. The summed E-state index contributed by atoms with van der Waals surface area (Å²) in [4.78, 5) is 12.8. The van der Waals surface area contributed by atoms with Crippen LogP contribution < -0.4 is 14.4 Å². The second-order valence-electron chi connectivity index (χ2n) is 7.34. The van der Waals surface area contributed by atoms with Crippen LogP contribution in [0.4, 0.5) is 5.69 Å². The van der Waals surface area contributed by atoms with E-state index in [9.17, 15) is 13.2 Å². The van der Waals surface area contributed by atoms with Gasteiger partial charge >= 0.3 is 0 Å². The van der Waals surface area contributed by atoms with Crippen molar-refractivity contribution in [2.75, 3.05) is 24.0 Å². The molecule has 0 saturated carbocycles. The van der Waals surface area contributed by atoms with E-state index >= 15 is 0 Å². The highest BCUT2D eigenvalue weighted by Gasteiger charge is 2.27. The van der Waals surface area contributed by atoms with E-state index in [1.54, 1.807) is 36.4 Å². The van der Waals surface area contributed by atoms with E-state index in [2.05, 4.69) is 5.32 Å². The molecule has 0 aliphatic heterocycles. The first-order chi connectivity index (χ1) is 15.9. The summed E-state index contributed by atoms with van der Waals surface area (Å²) in [5, 5.41) is 3.21. The van der Waals surface area contributed by atoms with Crippen LogP contribution in [-0.2, 0) is 21.2 Å². The summed E-state index contributed by atoms with van der Waals surface area (Å²) in [6.45, 7) is 2.65. The number of rotatable bonds is 11. The number of sulfonamides is 1. The van der Waals surface area contributed by atoms with Crippen LogP contribution in [0.15, 0.2) is 83.8 Å². The van der Waals surface area contributed by atoms with Crippen molar-refractivity contribution in [3.8, 4) is 5.75 Å². The van der Waals surface area contributed by atoms with E-state index in [1.807, 2.05) is 31.2 Å². The van der Waals surface area contributed by atoms with Crippen molar-refractivity contribution in [1.82, 2.24) is 5.32 Å². The second kappa shape index (κ2) is 11.7. The fraction of sp³-hybridized carbons (Fsp3) is 0.240. The van der Waals surface area contributed by atoms with Gasteiger partial charge in [0, 0.05) is 11.6 Å². The van der Waals surface area contributed by atoms with E-state index in [0.29, 0.717) is 23.9 Å². The highest BCUT2D eigenvalue weighted by molar-refractivity contribution is 7.92. The molecule has 1 N–H and O–H groups in total. The topological polar surface area (TPSA) is 75.7 Å². The number of nitrogens with zero attached hydrogens (tertiary/aromatic N) is 1. The lowest BCUT2D eigenvalue weighted by molar-refractivity contribution is -0.119. The Balaban J connectivity index is 1.63. The molecule has 1 amide bonds. The Hall–Kier alpha value is -3.03. The van der Waals surface area contributed by atoms with Gasteiger partial charge in [-0.1, -0.05) is 48.0 Å². The van der Waals surface area contributed by atoms with Gasteiger partial charge in [-0.15, -0.1) is 0 Å². The van der Waals surface area contributed by atoms with Crippen LogP contribution in [0.1, 0.15) is 18.9 Å². The Morgan fingerprint density at radius 2 is 1.73 bits per heavy atom. The van der Waals surface area contributed by atoms with Gasteiger partial charge in [-0.05, 0) is 67.8 Å². The highest BCUT2D eigenvalue weighted by Crippen LogP contribution is 2.26. The molecule has 0 atom stereocenters. The summed E-state index contributed by atoms with van der Waals surface area (Å²) in [7, 11) is -3.95. The zero-order chi connectivity index (χ0) is 23.7. The second-order valence-corrected chi connectivity index (χ2v) is 9.63. The van der Waals surface area contributed by atoms with Crippen LogP contribution in [0.2, 0.25) is 5.02 Å². The minimum Gasteiger partial charge on any atom is -0.494 e. The van der Waals surface area contributed by atoms with Crippen molar-refractivity contribution in [2.45, 2.75) is 24.7 Å². The van der Waals surface area contributed by atoms with E-state index in [1.165, 1.54) is 18.2 Å². The molecule has 0 aromatic heterocycles. The number of nitrogens with one attached hydrogen (secondary N) is 1. The molecule has 0 radical (unpaired) electrons. The third kappa shape index (κ3) is 6.97. The minimum absolute atomic E-state index is 0.105. The Morgan fingerprint density at radius 3 is 2.39 bits per heavy atom. The van der Waals surface area contributed by atoms with Gasteiger partial charge in [0.1, 0.15) is 12.3 Å². The van der Waals surface area contributed by atoms with Crippen LogP contribution >= 0.6 is 11.6 Å². The average molecular weight is 487 g/mol. The number of ether oxygens (including phenoxy) is 1. The number of anilines is 1. The summed E-state index contributed by atoms with van der Waals surface area (Å²) >= 11 is 6.08. The molecule has 3 aromatic carbocycles. The summed E-state index contributed by atoms with van der Waals surface area (Å²) in [5.41, 5.74) is 1.47. The van der Waals surface area contributed by atoms with Crippen LogP contribution in [-0.4, -0.2) is 34.0 Å². The maximum Gasteiger partial charge on any atom is 0.264 e. The number of halogens is 1. The first-order valence-corrected chi connectivity index (χ1v) is 12.5. The molecule has 6 nitrogen and oxygen atoms in total. The summed E-state index contributed by atoms with van der Waals surface area (Å²) < 4.78 is 33.0. The van der Waals surface area contributed by atoms with E-state index < -0.39 is 10.0 Å². The van der Waals surface area contributed by atoms with Gasteiger partial charge in [0.15, 0.2) is 0 Å². The van der Waals surface area contributed by atoms with Crippen molar-refractivity contribution in [3.63, 3.8) is 0 Å². The summed E-state index contributed by atoms with van der Waals surface area (Å²) in [6.07, 6.45) is 1.51. The molecule has 0 saturated heterocycles. The van der Waals surface area contributed by atoms with Crippen molar-refractivity contribution in [3.05, 3.63) is 89.4 Å². The van der Waals surface area contributed by atoms with Gasteiger partial charge in [-0.2, -0.15) is 0 Å². The number of hydrogen-bond donors (Lipinski definition) is 1. The number of benzene rings is 3. The molecule has 0 bridgehead atoms. The SMILES string of the molecule is CCOc1ccc(CCCNC(=O)CN(c2cccc(Cl)c2)S(=O)(=O)c2ccccc2)cc1. The standard InChI is InChI=1S/C25H27ClN2O4S/c1-2-32-23-15-13-20(14-16-23)8-7-17-27-25(29)19-28(22-10-6-9-21(26)18-22)33(30,31)24-11-4-3-5-12-24/h3-6,9-16,18H,2,7-8,17,19H2,1H3,(H,27,29). The quantitative estimate of drug-likeness (QED) is 0.399. The van der Waals surface area contributed by atoms with Gasteiger partial charge in [-0.25, -0.2) is 8.42 Å². The molecular formula is C25H27ClN2O4S. The molecule has 0 heterocycles. The first-order valence-electron chi connectivity index (χ1n) is 10.7. The zero-order valence-corrected chi connectivity index (χ0v) is 20.0. The molecule has 174 valence electrons. The first kappa shape index (κ1) is 24.6. The predicted molar refractivity (Wildman–Crippen MR) is 131 cm³/mol. The molecule has 0 spiro atoms. The molecular weight excluding hydrogens is 460 g/mol. The molecule has 0 aliphatic rings. The maximum atomic E-state index is 13.3. The molecule has 33 heavy (non-hydrogen) atoms. The Morgan fingerprint density at radius 1 is 1.00 bits per heavy atom. The molecule has 8 heteroatoms. The Kier molecular flexibility index (Phi) is 8.74. The Bertz CT molecular complexity index is 1150. The monoisotopic (exact) mass is 486 g/mol.